The lowest BCUT2D eigenvalue weighted by Crippen LogP contribution is -2.41. The van der Waals surface area contributed by atoms with Gasteiger partial charge in [-0.3, -0.25) is 4.72 Å². The Morgan fingerprint density at radius 2 is 2.03 bits per heavy atom. The number of alkyl halides is 3. The second kappa shape index (κ2) is 6.96. The van der Waals surface area contributed by atoms with Gasteiger partial charge in [0.25, 0.3) is 0 Å². The Morgan fingerprint density at radius 1 is 1.27 bits per heavy atom. The van der Waals surface area contributed by atoms with Gasteiger partial charge in [0.1, 0.15) is 12.0 Å². The molecule has 1 aromatic heterocycles. The fourth-order valence-electron chi connectivity index (χ4n) is 3.91. The summed E-state index contributed by atoms with van der Waals surface area (Å²) in [6.45, 7) is 5.60. The minimum atomic E-state index is -5.64. The Hall–Kier alpha value is -2.63. The molecule has 0 saturated carbocycles. The zero-order chi connectivity index (χ0) is 21.7. The van der Waals surface area contributed by atoms with E-state index in [9.17, 15) is 21.6 Å². The lowest BCUT2D eigenvalue weighted by molar-refractivity contribution is -0.0429. The zero-order valence-electron chi connectivity index (χ0n) is 16.3. The molecule has 0 fully saturated rings. The molecule has 8 nitrogen and oxygen atoms in total. The highest BCUT2D eigenvalue weighted by atomic mass is 32.2. The van der Waals surface area contributed by atoms with Crippen LogP contribution in [0.4, 0.5) is 36.2 Å². The summed E-state index contributed by atoms with van der Waals surface area (Å²) in [7, 11) is -5.64. The van der Waals surface area contributed by atoms with Gasteiger partial charge < -0.3 is 9.32 Å². The molecule has 30 heavy (non-hydrogen) atoms. The minimum Gasteiger partial charge on any atom is -0.430 e. The SMILES string of the molecule is CC1(C)CCN2CCCc3c(NS(=O)(=O)C(F)(F)F)c(N=Nc4ncco4)cc1c32. The van der Waals surface area contributed by atoms with E-state index in [2.05, 4.69) is 20.1 Å². The molecule has 2 aliphatic heterocycles. The summed E-state index contributed by atoms with van der Waals surface area (Å²) in [6, 6.07) is 1.52. The standard InChI is InChI=1S/C18H20F3N5O3S/c1-17(2)5-8-26-7-3-4-11-14(25-30(27,28)18(19,20)21)13(10-12(17)15(11)26)23-24-16-22-6-9-29-16/h6,9-10,25H,3-5,7-8H2,1-2H3. The molecule has 4 rings (SSSR count). The first-order valence-corrected chi connectivity index (χ1v) is 10.8. The van der Waals surface area contributed by atoms with Crippen molar-refractivity contribution in [3.8, 4) is 0 Å². The largest absolute Gasteiger partial charge is 0.516 e. The van der Waals surface area contributed by atoms with Crippen LogP contribution in [0.1, 0.15) is 37.8 Å². The van der Waals surface area contributed by atoms with Crippen molar-refractivity contribution in [1.82, 2.24) is 4.98 Å². The van der Waals surface area contributed by atoms with Gasteiger partial charge in [-0.25, -0.2) is 0 Å². The van der Waals surface area contributed by atoms with E-state index >= 15 is 0 Å². The van der Waals surface area contributed by atoms with E-state index in [-0.39, 0.29) is 22.8 Å². The molecule has 0 amide bonds. The maximum Gasteiger partial charge on any atom is 0.516 e. The average molecular weight is 443 g/mol. The first-order valence-electron chi connectivity index (χ1n) is 9.35. The highest BCUT2D eigenvalue weighted by molar-refractivity contribution is 7.93. The predicted molar refractivity (Wildman–Crippen MR) is 104 cm³/mol. The van der Waals surface area contributed by atoms with Gasteiger partial charge in [-0.2, -0.15) is 26.6 Å². The van der Waals surface area contributed by atoms with Crippen molar-refractivity contribution in [2.24, 2.45) is 10.2 Å². The van der Waals surface area contributed by atoms with E-state index in [0.717, 1.165) is 30.8 Å². The second-order valence-corrected chi connectivity index (χ2v) is 9.61. The number of azo groups is 1. The maximum absolute atomic E-state index is 13.1. The fourth-order valence-corrected chi connectivity index (χ4v) is 4.52. The lowest BCUT2D eigenvalue weighted by Gasteiger charge is -2.44. The molecule has 1 aromatic carbocycles. The number of halogens is 3. The van der Waals surface area contributed by atoms with Gasteiger partial charge in [0, 0.05) is 24.3 Å². The van der Waals surface area contributed by atoms with Crippen LogP contribution in [0.15, 0.2) is 33.2 Å². The van der Waals surface area contributed by atoms with Crippen molar-refractivity contribution in [3.63, 3.8) is 0 Å². The van der Waals surface area contributed by atoms with Gasteiger partial charge in [0.15, 0.2) is 0 Å². The van der Waals surface area contributed by atoms with Gasteiger partial charge in [-0.1, -0.05) is 19.0 Å². The number of benzene rings is 1. The van der Waals surface area contributed by atoms with E-state index in [1.807, 2.05) is 13.8 Å². The Bertz CT molecular complexity index is 1100. The molecule has 0 unspecified atom stereocenters. The minimum absolute atomic E-state index is 0.00778. The molecule has 0 aliphatic carbocycles. The van der Waals surface area contributed by atoms with Crippen LogP contribution in [0.5, 0.6) is 0 Å². The molecule has 2 aliphatic rings. The summed E-state index contributed by atoms with van der Waals surface area (Å²) in [5.74, 6) is 0. The third kappa shape index (κ3) is 3.53. The van der Waals surface area contributed by atoms with Crippen molar-refractivity contribution in [2.75, 3.05) is 22.7 Å². The molecular weight excluding hydrogens is 423 g/mol. The Labute approximate surface area is 171 Å². The van der Waals surface area contributed by atoms with Gasteiger partial charge in [-0.05, 0) is 36.3 Å². The molecule has 0 spiro atoms. The van der Waals surface area contributed by atoms with Crippen molar-refractivity contribution >= 4 is 33.1 Å². The van der Waals surface area contributed by atoms with Crippen LogP contribution >= 0.6 is 0 Å². The normalized spacial score (nSPS) is 18.5. The number of aromatic nitrogens is 1. The number of nitrogens with one attached hydrogen (secondary N) is 1. The molecule has 12 heteroatoms. The van der Waals surface area contributed by atoms with Crippen LogP contribution < -0.4 is 9.62 Å². The number of hydrogen-bond donors (Lipinski definition) is 1. The summed E-state index contributed by atoms with van der Waals surface area (Å²) in [5, 5.41) is 7.82. The summed E-state index contributed by atoms with van der Waals surface area (Å²) < 4.78 is 69.9. The van der Waals surface area contributed by atoms with Gasteiger partial charge in [0.2, 0.25) is 0 Å². The topological polar surface area (TPSA) is 100 Å². The zero-order valence-corrected chi connectivity index (χ0v) is 17.1. The number of oxazole rings is 1. The van der Waals surface area contributed by atoms with Crippen molar-refractivity contribution < 1.29 is 26.0 Å². The van der Waals surface area contributed by atoms with Crippen LogP contribution in [-0.4, -0.2) is 32.0 Å². The van der Waals surface area contributed by atoms with Gasteiger partial charge in [-0.15, -0.1) is 5.11 Å². The monoisotopic (exact) mass is 443 g/mol. The summed E-state index contributed by atoms with van der Waals surface area (Å²) in [5.41, 5.74) is -3.74. The number of nitrogens with zero attached hydrogens (tertiary/aromatic N) is 4. The Morgan fingerprint density at radius 3 is 2.70 bits per heavy atom. The highest BCUT2D eigenvalue weighted by Crippen LogP contribution is 2.50. The number of rotatable bonds is 4. The average Bonchev–Trinajstić information content (AvgIpc) is 3.17. The molecule has 162 valence electrons. The molecule has 0 radical (unpaired) electrons. The first-order chi connectivity index (χ1) is 14.0. The Balaban J connectivity index is 1.93. The first kappa shape index (κ1) is 20.6. The predicted octanol–water partition coefficient (Wildman–Crippen LogP) is 4.79. The molecule has 0 saturated heterocycles. The van der Waals surface area contributed by atoms with E-state index in [1.54, 1.807) is 10.8 Å². The molecule has 1 N–H and O–H groups in total. The molecular formula is C18H20F3N5O3S. The molecule has 2 aromatic rings. The third-order valence-electron chi connectivity index (χ3n) is 5.49. The van der Waals surface area contributed by atoms with Crippen LogP contribution in [0.25, 0.3) is 0 Å². The van der Waals surface area contributed by atoms with Gasteiger partial charge >= 0.3 is 21.5 Å². The summed E-state index contributed by atoms with van der Waals surface area (Å²) in [4.78, 5) is 5.90. The maximum atomic E-state index is 13.1. The van der Waals surface area contributed by atoms with Crippen molar-refractivity contribution in [3.05, 3.63) is 29.7 Å². The van der Waals surface area contributed by atoms with Crippen LogP contribution in [-0.2, 0) is 21.9 Å². The summed E-state index contributed by atoms with van der Waals surface area (Å²) >= 11 is 0. The summed E-state index contributed by atoms with van der Waals surface area (Å²) in [6.07, 6.45) is 4.59. The van der Waals surface area contributed by atoms with E-state index < -0.39 is 15.5 Å². The van der Waals surface area contributed by atoms with E-state index in [1.165, 1.54) is 12.5 Å². The van der Waals surface area contributed by atoms with Crippen molar-refractivity contribution in [2.45, 2.75) is 44.0 Å². The van der Waals surface area contributed by atoms with Crippen molar-refractivity contribution in [1.29, 1.82) is 0 Å². The smallest absolute Gasteiger partial charge is 0.430 e. The fraction of sp³-hybridized carbons (Fsp3) is 0.500. The number of anilines is 2. The Kier molecular flexibility index (Phi) is 4.79. The van der Waals surface area contributed by atoms with Gasteiger partial charge in [0.05, 0.1) is 11.9 Å². The highest BCUT2D eigenvalue weighted by Gasteiger charge is 2.47. The van der Waals surface area contributed by atoms with Crippen LogP contribution in [0.2, 0.25) is 0 Å². The lowest BCUT2D eigenvalue weighted by atomic mass is 9.74. The number of sulfonamides is 1. The van der Waals surface area contributed by atoms with E-state index in [4.69, 9.17) is 4.42 Å². The second-order valence-electron chi connectivity index (χ2n) is 7.94. The molecule has 3 heterocycles. The molecule has 0 bridgehead atoms. The van der Waals surface area contributed by atoms with E-state index in [0.29, 0.717) is 18.4 Å². The number of hydrogen-bond acceptors (Lipinski definition) is 7. The van der Waals surface area contributed by atoms with Crippen LogP contribution in [0.3, 0.4) is 0 Å². The molecule has 0 atom stereocenters. The van der Waals surface area contributed by atoms with Crippen LogP contribution in [0, 0.1) is 0 Å². The third-order valence-corrected chi connectivity index (χ3v) is 6.57. The quantitative estimate of drug-likeness (QED) is 0.685.